The quantitative estimate of drug-likeness (QED) is 0.632. The molecule has 0 spiro atoms. The highest BCUT2D eigenvalue weighted by atomic mass is 35.5. The summed E-state index contributed by atoms with van der Waals surface area (Å²) >= 11 is 18.1. The number of halogens is 3. The van der Waals surface area contributed by atoms with E-state index >= 15 is 0 Å². The molecule has 0 aliphatic heterocycles. The second kappa shape index (κ2) is 5.13. The maximum atomic E-state index is 12.6. The number of ketones is 1. The number of carbonyl (C=O) groups excluding carboxylic acids is 1. The first kappa shape index (κ1) is 13.5. The van der Waals surface area contributed by atoms with Gasteiger partial charge in [-0.2, -0.15) is 0 Å². The third-order valence-electron chi connectivity index (χ3n) is 3.08. The Balaban J connectivity index is 2.21. The molecule has 5 heteroatoms. The normalized spacial score (nSPS) is 10.9. The van der Waals surface area contributed by atoms with E-state index in [0.29, 0.717) is 26.2 Å². The van der Waals surface area contributed by atoms with Crippen molar-refractivity contribution in [3.8, 4) is 0 Å². The lowest BCUT2D eigenvalue weighted by Gasteiger charge is -2.05. The molecular weight excluding hydrogens is 317 g/mol. The Labute approximate surface area is 130 Å². The van der Waals surface area contributed by atoms with E-state index < -0.39 is 0 Å². The fourth-order valence-corrected chi connectivity index (χ4v) is 2.87. The zero-order chi connectivity index (χ0) is 14.3. The molecule has 0 fully saturated rings. The van der Waals surface area contributed by atoms with Gasteiger partial charge in [0.1, 0.15) is 0 Å². The van der Waals surface area contributed by atoms with Crippen LogP contribution in [0.2, 0.25) is 15.1 Å². The summed E-state index contributed by atoms with van der Waals surface area (Å²) in [6.45, 7) is 0. The highest BCUT2D eigenvalue weighted by Crippen LogP contribution is 2.30. The number of aromatic nitrogens is 1. The number of rotatable bonds is 2. The maximum Gasteiger partial charge on any atom is 0.198 e. The van der Waals surface area contributed by atoms with Crippen molar-refractivity contribution in [3.05, 3.63) is 68.8 Å². The van der Waals surface area contributed by atoms with Crippen molar-refractivity contribution in [1.82, 2.24) is 4.98 Å². The van der Waals surface area contributed by atoms with Crippen LogP contribution in [0, 0.1) is 0 Å². The van der Waals surface area contributed by atoms with Gasteiger partial charge in [-0.15, -0.1) is 0 Å². The lowest BCUT2D eigenvalue weighted by atomic mass is 10.0. The highest BCUT2D eigenvalue weighted by molar-refractivity contribution is 6.41. The summed E-state index contributed by atoms with van der Waals surface area (Å²) in [7, 11) is 0. The van der Waals surface area contributed by atoms with Crippen LogP contribution in [-0.4, -0.2) is 10.8 Å². The minimum Gasteiger partial charge on any atom is -0.360 e. The van der Waals surface area contributed by atoms with Gasteiger partial charge < -0.3 is 4.98 Å². The van der Waals surface area contributed by atoms with Crippen molar-refractivity contribution in [2.24, 2.45) is 0 Å². The van der Waals surface area contributed by atoms with Gasteiger partial charge in [0.2, 0.25) is 0 Å². The molecule has 0 unspecified atom stereocenters. The highest BCUT2D eigenvalue weighted by Gasteiger charge is 2.19. The van der Waals surface area contributed by atoms with E-state index in [1.165, 1.54) is 0 Å². The van der Waals surface area contributed by atoms with Gasteiger partial charge in [-0.3, -0.25) is 4.79 Å². The van der Waals surface area contributed by atoms with Gasteiger partial charge in [0.25, 0.3) is 0 Å². The van der Waals surface area contributed by atoms with E-state index in [-0.39, 0.29) is 5.78 Å². The first-order chi connectivity index (χ1) is 9.58. The molecule has 20 heavy (non-hydrogen) atoms. The van der Waals surface area contributed by atoms with Crippen molar-refractivity contribution in [3.63, 3.8) is 0 Å². The first-order valence-electron chi connectivity index (χ1n) is 5.83. The van der Waals surface area contributed by atoms with Crippen LogP contribution in [0.4, 0.5) is 0 Å². The summed E-state index contributed by atoms with van der Waals surface area (Å²) in [5, 5.41) is 1.98. The predicted molar refractivity (Wildman–Crippen MR) is 83.2 cm³/mol. The Hall–Kier alpha value is -1.48. The Morgan fingerprint density at radius 3 is 2.40 bits per heavy atom. The minimum absolute atomic E-state index is 0.228. The summed E-state index contributed by atoms with van der Waals surface area (Å²) in [6, 6.07) is 10.3. The van der Waals surface area contributed by atoms with Crippen LogP contribution in [0.1, 0.15) is 15.9 Å². The number of hydrogen-bond acceptors (Lipinski definition) is 1. The number of nitrogens with one attached hydrogen (secondary N) is 1. The van der Waals surface area contributed by atoms with Gasteiger partial charge in [0, 0.05) is 27.7 Å². The van der Waals surface area contributed by atoms with Crippen LogP contribution >= 0.6 is 34.8 Å². The van der Waals surface area contributed by atoms with Crippen LogP contribution < -0.4 is 0 Å². The largest absolute Gasteiger partial charge is 0.360 e. The van der Waals surface area contributed by atoms with E-state index in [1.54, 1.807) is 36.5 Å². The predicted octanol–water partition coefficient (Wildman–Crippen LogP) is 5.36. The van der Waals surface area contributed by atoms with Crippen LogP contribution in [0.5, 0.6) is 0 Å². The van der Waals surface area contributed by atoms with Gasteiger partial charge in [-0.25, -0.2) is 0 Å². The summed E-state index contributed by atoms with van der Waals surface area (Å²) in [4.78, 5) is 15.7. The molecule has 0 saturated heterocycles. The number of H-pyrrole nitrogens is 1. The molecule has 100 valence electrons. The van der Waals surface area contributed by atoms with Crippen molar-refractivity contribution in [2.45, 2.75) is 0 Å². The molecule has 2 nitrogen and oxygen atoms in total. The van der Waals surface area contributed by atoms with Gasteiger partial charge in [0.15, 0.2) is 5.78 Å². The molecule has 3 aromatic rings. The maximum absolute atomic E-state index is 12.6. The molecule has 0 atom stereocenters. The van der Waals surface area contributed by atoms with E-state index in [1.807, 2.05) is 6.07 Å². The average molecular weight is 325 g/mol. The van der Waals surface area contributed by atoms with Crippen LogP contribution in [-0.2, 0) is 0 Å². The number of fused-ring (bicyclic) bond motifs is 1. The number of benzene rings is 2. The molecule has 0 aliphatic rings. The van der Waals surface area contributed by atoms with Crippen LogP contribution in [0.25, 0.3) is 10.9 Å². The monoisotopic (exact) mass is 323 g/mol. The molecule has 0 amide bonds. The molecular formula is C15H8Cl3NO. The fraction of sp³-hybridized carbons (Fsp3) is 0. The molecule has 1 heterocycles. The fourth-order valence-electron chi connectivity index (χ4n) is 2.13. The zero-order valence-corrected chi connectivity index (χ0v) is 12.4. The zero-order valence-electron chi connectivity index (χ0n) is 10.1. The van der Waals surface area contributed by atoms with Crippen molar-refractivity contribution in [1.29, 1.82) is 0 Å². The third kappa shape index (κ3) is 2.20. The van der Waals surface area contributed by atoms with Crippen molar-refractivity contribution < 1.29 is 4.79 Å². The average Bonchev–Trinajstić information content (AvgIpc) is 2.81. The molecule has 0 saturated carbocycles. The second-order valence-corrected chi connectivity index (χ2v) is 5.57. The molecule has 1 aromatic heterocycles. The van der Waals surface area contributed by atoms with E-state index in [2.05, 4.69) is 4.98 Å². The summed E-state index contributed by atoms with van der Waals surface area (Å²) in [5.41, 5.74) is 1.63. The van der Waals surface area contributed by atoms with Crippen LogP contribution in [0.3, 0.4) is 0 Å². The summed E-state index contributed by atoms with van der Waals surface area (Å²) < 4.78 is 0. The number of aromatic amines is 1. The minimum atomic E-state index is -0.228. The van der Waals surface area contributed by atoms with Gasteiger partial charge in [-0.05, 0) is 30.3 Å². The first-order valence-corrected chi connectivity index (χ1v) is 6.96. The standard InChI is InChI=1S/C15H8Cl3NO/c16-8-4-5-13-9(6-8)10(7-19-13)15(20)14-11(17)2-1-3-12(14)18/h1-7,19H. The smallest absolute Gasteiger partial charge is 0.198 e. The molecule has 0 aliphatic carbocycles. The Morgan fingerprint density at radius 2 is 1.70 bits per heavy atom. The van der Waals surface area contributed by atoms with Gasteiger partial charge in [0.05, 0.1) is 15.6 Å². The molecule has 0 bridgehead atoms. The van der Waals surface area contributed by atoms with Crippen molar-refractivity contribution in [2.75, 3.05) is 0 Å². The Morgan fingerprint density at radius 1 is 1.00 bits per heavy atom. The van der Waals surface area contributed by atoms with Gasteiger partial charge in [-0.1, -0.05) is 40.9 Å². The number of hydrogen-bond donors (Lipinski definition) is 1. The summed E-state index contributed by atoms with van der Waals surface area (Å²) in [5.74, 6) is -0.228. The molecule has 3 rings (SSSR count). The van der Waals surface area contributed by atoms with Crippen molar-refractivity contribution >= 4 is 51.5 Å². The lowest BCUT2D eigenvalue weighted by Crippen LogP contribution is -2.02. The SMILES string of the molecule is O=C(c1c(Cl)cccc1Cl)c1c[nH]c2ccc(Cl)cc12. The van der Waals surface area contributed by atoms with E-state index in [9.17, 15) is 4.79 Å². The number of carbonyl (C=O) groups is 1. The van der Waals surface area contributed by atoms with E-state index in [0.717, 1.165) is 10.9 Å². The molecule has 1 N–H and O–H groups in total. The lowest BCUT2D eigenvalue weighted by molar-refractivity contribution is 0.104. The van der Waals surface area contributed by atoms with E-state index in [4.69, 9.17) is 34.8 Å². The topological polar surface area (TPSA) is 32.9 Å². The molecule has 2 aromatic carbocycles. The third-order valence-corrected chi connectivity index (χ3v) is 3.94. The molecule has 0 radical (unpaired) electrons. The second-order valence-electron chi connectivity index (χ2n) is 4.32. The van der Waals surface area contributed by atoms with Crippen LogP contribution in [0.15, 0.2) is 42.6 Å². The Bertz CT molecular complexity index is 803. The Kier molecular flexibility index (Phi) is 3.47. The summed E-state index contributed by atoms with van der Waals surface area (Å²) in [6.07, 6.45) is 1.64. The van der Waals surface area contributed by atoms with Gasteiger partial charge >= 0.3 is 0 Å².